The number of hydrogen-bond acceptors (Lipinski definition) is 3. The number of benzene rings is 2. The highest BCUT2D eigenvalue weighted by Crippen LogP contribution is 2.26. The van der Waals surface area contributed by atoms with Crippen molar-refractivity contribution in [3.63, 3.8) is 0 Å². The third kappa shape index (κ3) is 4.69. The maximum atomic E-state index is 13.0. The van der Waals surface area contributed by atoms with Gasteiger partial charge in [-0.25, -0.2) is 0 Å². The van der Waals surface area contributed by atoms with Gasteiger partial charge in [0.05, 0.1) is 6.54 Å². The van der Waals surface area contributed by atoms with Crippen molar-refractivity contribution < 1.29 is 9.32 Å². The van der Waals surface area contributed by atoms with Crippen LogP contribution in [0.1, 0.15) is 46.6 Å². The average molecular weight is 377 g/mol. The predicted octanol–water partition coefficient (Wildman–Crippen LogP) is 5.57. The molecule has 28 heavy (non-hydrogen) atoms. The Kier molecular flexibility index (Phi) is 5.98. The van der Waals surface area contributed by atoms with E-state index in [1.54, 1.807) is 0 Å². The first kappa shape index (κ1) is 19.9. The van der Waals surface area contributed by atoms with Gasteiger partial charge >= 0.3 is 0 Å². The minimum atomic E-state index is 0.0185. The van der Waals surface area contributed by atoms with Crippen LogP contribution in [0.5, 0.6) is 0 Å². The van der Waals surface area contributed by atoms with Crippen molar-refractivity contribution in [2.24, 2.45) is 5.92 Å². The zero-order valence-corrected chi connectivity index (χ0v) is 17.3. The Morgan fingerprint density at radius 1 is 1.00 bits per heavy atom. The molecule has 0 unspecified atom stereocenters. The molecule has 0 atom stereocenters. The highest BCUT2D eigenvalue weighted by molar-refractivity contribution is 5.94. The molecular weight excluding hydrogens is 348 g/mol. The molecule has 1 amide bonds. The summed E-state index contributed by atoms with van der Waals surface area (Å²) in [5.41, 5.74) is 5.96. The molecule has 0 aliphatic carbocycles. The first-order valence-electron chi connectivity index (χ1n) is 9.72. The average Bonchev–Trinajstić information content (AvgIpc) is 3.11. The Morgan fingerprint density at radius 2 is 1.68 bits per heavy atom. The number of carbonyl (C=O) groups is 1. The largest absolute Gasteiger partial charge is 0.356 e. The van der Waals surface area contributed by atoms with Crippen LogP contribution in [0.15, 0.2) is 53.1 Å². The van der Waals surface area contributed by atoms with E-state index in [1.165, 1.54) is 5.56 Å². The van der Waals surface area contributed by atoms with Gasteiger partial charge in [-0.05, 0) is 50.5 Å². The van der Waals surface area contributed by atoms with Crippen molar-refractivity contribution in [2.45, 2.75) is 41.2 Å². The zero-order chi connectivity index (χ0) is 20.3. The van der Waals surface area contributed by atoms with Gasteiger partial charge in [0, 0.05) is 23.7 Å². The lowest BCUT2D eigenvalue weighted by Gasteiger charge is -2.23. The van der Waals surface area contributed by atoms with E-state index >= 15 is 0 Å². The molecule has 2 aromatic carbocycles. The van der Waals surface area contributed by atoms with Crippen molar-refractivity contribution in [3.8, 4) is 11.3 Å². The van der Waals surface area contributed by atoms with Crippen LogP contribution in [0, 0.1) is 26.7 Å². The van der Waals surface area contributed by atoms with Crippen molar-refractivity contribution in [3.05, 3.63) is 76.5 Å². The summed E-state index contributed by atoms with van der Waals surface area (Å²) >= 11 is 0. The van der Waals surface area contributed by atoms with E-state index in [9.17, 15) is 4.79 Å². The topological polar surface area (TPSA) is 46.3 Å². The maximum absolute atomic E-state index is 13.0. The summed E-state index contributed by atoms with van der Waals surface area (Å²) in [6.45, 7) is 11.5. The third-order valence-corrected chi connectivity index (χ3v) is 4.74. The molecule has 0 saturated carbocycles. The summed E-state index contributed by atoms with van der Waals surface area (Å²) in [4.78, 5) is 14.9. The number of rotatable bonds is 6. The van der Waals surface area contributed by atoms with Gasteiger partial charge in [0.15, 0.2) is 5.76 Å². The van der Waals surface area contributed by atoms with Crippen LogP contribution < -0.4 is 0 Å². The molecule has 0 saturated heterocycles. The monoisotopic (exact) mass is 376 g/mol. The molecule has 3 aromatic rings. The molecule has 0 spiro atoms. The number of aromatic nitrogens is 1. The molecule has 1 heterocycles. The third-order valence-electron chi connectivity index (χ3n) is 4.74. The van der Waals surface area contributed by atoms with Crippen LogP contribution in [0.2, 0.25) is 0 Å². The predicted molar refractivity (Wildman–Crippen MR) is 112 cm³/mol. The molecule has 4 nitrogen and oxygen atoms in total. The van der Waals surface area contributed by atoms with Gasteiger partial charge in [-0.15, -0.1) is 0 Å². The SMILES string of the molecule is Cc1ccc(C(=O)N(Cc2cc(-c3cc(C)ccc3C)on2)CC(C)C)cc1. The van der Waals surface area contributed by atoms with E-state index in [0.717, 1.165) is 28.1 Å². The number of carbonyl (C=O) groups excluding carboxylic acids is 1. The molecule has 0 fully saturated rings. The molecule has 0 bridgehead atoms. The first-order valence-corrected chi connectivity index (χ1v) is 9.72. The van der Waals surface area contributed by atoms with Gasteiger partial charge in [-0.1, -0.05) is 54.4 Å². The second kappa shape index (κ2) is 8.42. The zero-order valence-electron chi connectivity index (χ0n) is 17.3. The van der Waals surface area contributed by atoms with Crippen LogP contribution in [0.25, 0.3) is 11.3 Å². The Bertz CT molecular complexity index is 955. The fourth-order valence-corrected chi connectivity index (χ4v) is 3.25. The smallest absolute Gasteiger partial charge is 0.254 e. The summed E-state index contributed by atoms with van der Waals surface area (Å²) in [6.07, 6.45) is 0. The number of aryl methyl sites for hydroxylation is 3. The minimum absolute atomic E-state index is 0.0185. The molecule has 1 aromatic heterocycles. The number of hydrogen-bond donors (Lipinski definition) is 0. The van der Waals surface area contributed by atoms with E-state index < -0.39 is 0 Å². The van der Waals surface area contributed by atoms with E-state index in [2.05, 4.69) is 51.1 Å². The Balaban J connectivity index is 1.83. The van der Waals surface area contributed by atoms with Gasteiger partial charge in [-0.2, -0.15) is 0 Å². The second-order valence-corrected chi connectivity index (χ2v) is 7.95. The van der Waals surface area contributed by atoms with E-state index in [1.807, 2.05) is 42.2 Å². The quantitative estimate of drug-likeness (QED) is 0.565. The van der Waals surface area contributed by atoms with Crippen molar-refractivity contribution in [2.75, 3.05) is 6.54 Å². The fourth-order valence-electron chi connectivity index (χ4n) is 3.25. The molecular formula is C24H28N2O2. The van der Waals surface area contributed by atoms with Gasteiger partial charge in [-0.3, -0.25) is 4.79 Å². The number of nitrogens with zero attached hydrogens (tertiary/aromatic N) is 2. The lowest BCUT2D eigenvalue weighted by molar-refractivity contribution is 0.0719. The molecule has 0 N–H and O–H groups in total. The summed E-state index contributed by atoms with van der Waals surface area (Å²) < 4.78 is 5.61. The molecule has 0 aliphatic heterocycles. The van der Waals surface area contributed by atoms with E-state index in [0.29, 0.717) is 24.6 Å². The van der Waals surface area contributed by atoms with Gasteiger partial charge in [0.25, 0.3) is 5.91 Å². The summed E-state index contributed by atoms with van der Waals surface area (Å²) in [6, 6.07) is 15.9. The molecule has 0 radical (unpaired) electrons. The van der Waals surface area contributed by atoms with Gasteiger partial charge in [0.1, 0.15) is 5.69 Å². The molecule has 0 aliphatic rings. The van der Waals surface area contributed by atoms with Crippen molar-refractivity contribution in [1.29, 1.82) is 0 Å². The molecule has 3 rings (SSSR count). The van der Waals surface area contributed by atoms with E-state index in [4.69, 9.17) is 4.52 Å². The number of amides is 1. The van der Waals surface area contributed by atoms with Crippen LogP contribution >= 0.6 is 0 Å². The molecule has 4 heteroatoms. The van der Waals surface area contributed by atoms with Crippen LogP contribution in [0.3, 0.4) is 0 Å². The lowest BCUT2D eigenvalue weighted by Crippen LogP contribution is -2.33. The van der Waals surface area contributed by atoms with Crippen molar-refractivity contribution >= 4 is 5.91 Å². The Hall–Kier alpha value is -2.88. The summed E-state index contributed by atoms with van der Waals surface area (Å²) in [5.74, 6) is 1.12. The van der Waals surface area contributed by atoms with E-state index in [-0.39, 0.29) is 5.91 Å². The lowest BCUT2D eigenvalue weighted by atomic mass is 10.0. The van der Waals surface area contributed by atoms with Gasteiger partial charge < -0.3 is 9.42 Å². The highest BCUT2D eigenvalue weighted by atomic mass is 16.5. The van der Waals surface area contributed by atoms with Crippen molar-refractivity contribution in [1.82, 2.24) is 10.1 Å². The Labute approximate surface area is 167 Å². The van der Waals surface area contributed by atoms with Crippen LogP contribution in [-0.2, 0) is 6.54 Å². The van der Waals surface area contributed by atoms with Crippen LogP contribution in [0.4, 0.5) is 0 Å². The fraction of sp³-hybridized carbons (Fsp3) is 0.333. The first-order chi connectivity index (χ1) is 13.3. The highest BCUT2D eigenvalue weighted by Gasteiger charge is 2.20. The van der Waals surface area contributed by atoms with Crippen LogP contribution in [-0.4, -0.2) is 22.5 Å². The Morgan fingerprint density at radius 3 is 2.36 bits per heavy atom. The minimum Gasteiger partial charge on any atom is -0.356 e. The maximum Gasteiger partial charge on any atom is 0.254 e. The standard InChI is InChI=1S/C24H28N2O2/c1-16(2)14-26(24(27)20-10-7-17(3)8-11-20)15-21-13-23(28-25-21)22-12-18(4)6-9-19(22)5/h6-13,16H,14-15H2,1-5H3. The second-order valence-electron chi connectivity index (χ2n) is 7.95. The summed E-state index contributed by atoms with van der Waals surface area (Å²) in [5, 5.41) is 4.23. The molecule has 146 valence electrons. The van der Waals surface area contributed by atoms with Gasteiger partial charge in [0.2, 0.25) is 0 Å². The summed E-state index contributed by atoms with van der Waals surface area (Å²) in [7, 11) is 0. The normalized spacial score (nSPS) is 11.1.